The van der Waals surface area contributed by atoms with Crippen LogP contribution in [0.3, 0.4) is 0 Å². The standard InChI is InChI=1S/C16H23N3O3/c17-10-15(20)19-8-4-7-13(19)11-18-14(16(21)22)9-12-5-2-1-3-6-12/h1-3,5-6,13-14,18H,4,7-11,17H2,(H,21,22)/t13?,14-/m0/s1. The molecule has 22 heavy (non-hydrogen) atoms. The SMILES string of the molecule is NCC(=O)N1CCCC1CN[C@@H](Cc1ccccc1)C(=O)O. The fourth-order valence-corrected chi connectivity index (χ4v) is 2.87. The number of benzene rings is 1. The van der Waals surface area contributed by atoms with Crippen molar-refractivity contribution in [2.75, 3.05) is 19.6 Å². The number of carbonyl (C=O) groups is 2. The van der Waals surface area contributed by atoms with E-state index in [0.29, 0.717) is 19.5 Å². The molecule has 1 amide bonds. The van der Waals surface area contributed by atoms with Gasteiger partial charge in [-0.05, 0) is 24.8 Å². The van der Waals surface area contributed by atoms with Gasteiger partial charge in [0.05, 0.1) is 6.54 Å². The molecule has 6 heteroatoms. The van der Waals surface area contributed by atoms with E-state index in [0.717, 1.165) is 18.4 Å². The number of carbonyl (C=O) groups excluding carboxylic acids is 1. The van der Waals surface area contributed by atoms with E-state index >= 15 is 0 Å². The van der Waals surface area contributed by atoms with Crippen molar-refractivity contribution in [2.24, 2.45) is 5.73 Å². The molecule has 4 N–H and O–H groups in total. The Hall–Kier alpha value is -1.92. The van der Waals surface area contributed by atoms with Crippen molar-refractivity contribution in [1.82, 2.24) is 10.2 Å². The molecule has 0 spiro atoms. The van der Waals surface area contributed by atoms with Gasteiger partial charge in [0, 0.05) is 19.1 Å². The van der Waals surface area contributed by atoms with Crippen LogP contribution in [0.4, 0.5) is 0 Å². The predicted octanol–water partition coefficient (Wildman–Crippen LogP) is 0.222. The summed E-state index contributed by atoms with van der Waals surface area (Å²) in [5.74, 6) is -0.946. The highest BCUT2D eigenvalue weighted by molar-refractivity contribution is 5.78. The van der Waals surface area contributed by atoms with Crippen molar-refractivity contribution in [3.63, 3.8) is 0 Å². The summed E-state index contributed by atoms with van der Waals surface area (Å²) in [6.07, 6.45) is 2.25. The zero-order valence-corrected chi connectivity index (χ0v) is 12.6. The Bertz CT molecular complexity index is 507. The van der Waals surface area contributed by atoms with Gasteiger partial charge in [0.2, 0.25) is 5.91 Å². The number of rotatable bonds is 7. The molecule has 1 fully saturated rings. The second-order valence-corrected chi connectivity index (χ2v) is 5.58. The number of nitrogens with one attached hydrogen (secondary N) is 1. The molecule has 1 heterocycles. The van der Waals surface area contributed by atoms with E-state index in [1.807, 2.05) is 30.3 Å². The number of hydrogen-bond donors (Lipinski definition) is 3. The van der Waals surface area contributed by atoms with E-state index in [-0.39, 0.29) is 18.5 Å². The third kappa shape index (κ3) is 4.29. The van der Waals surface area contributed by atoms with Gasteiger partial charge in [0.25, 0.3) is 0 Å². The van der Waals surface area contributed by atoms with Crippen molar-refractivity contribution >= 4 is 11.9 Å². The maximum absolute atomic E-state index is 11.8. The zero-order chi connectivity index (χ0) is 15.9. The van der Waals surface area contributed by atoms with E-state index in [2.05, 4.69) is 5.32 Å². The Kier molecular flexibility index (Phi) is 5.91. The summed E-state index contributed by atoms with van der Waals surface area (Å²) >= 11 is 0. The van der Waals surface area contributed by atoms with Crippen molar-refractivity contribution in [2.45, 2.75) is 31.3 Å². The maximum atomic E-state index is 11.8. The number of hydrogen-bond acceptors (Lipinski definition) is 4. The molecule has 0 saturated carbocycles. The number of likely N-dealkylation sites (tertiary alicyclic amines) is 1. The largest absolute Gasteiger partial charge is 0.480 e. The molecule has 1 aromatic rings. The molecular weight excluding hydrogens is 282 g/mol. The fourth-order valence-electron chi connectivity index (χ4n) is 2.87. The van der Waals surface area contributed by atoms with Crippen LogP contribution in [0.15, 0.2) is 30.3 Å². The first-order chi connectivity index (χ1) is 10.6. The van der Waals surface area contributed by atoms with E-state index < -0.39 is 12.0 Å². The molecule has 1 aliphatic rings. The van der Waals surface area contributed by atoms with Crippen LogP contribution in [0.25, 0.3) is 0 Å². The van der Waals surface area contributed by atoms with Crippen LogP contribution in [0.2, 0.25) is 0 Å². The average molecular weight is 305 g/mol. The molecule has 1 aliphatic heterocycles. The van der Waals surface area contributed by atoms with Gasteiger partial charge in [-0.15, -0.1) is 0 Å². The molecule has 1 saturated heterocycles. The molecule has 2 atom stereocenters. The highest BCUT2D eigenvalue weighted by Crippen LogP contribution is 2.16. The van der Waals surface area contributed by atoms with Gasteiger partial charge in [-0.3, -0.25) is 9.59 Å². The predicted molar refractivity (Wildman–Crippen MR) is 83.4 cm³/mol. The first-order valence-corrected chi connectivity index (χ1v) is 7.61. The minimum Gasteiger partial charge on any atom is -0.480 e. The summed E-state index contributed by atoms with van der Waals surface area (Å²) in [7, 11) is 0. The third-order valence-electron chi connectivity index (χ3n) is 4.05. The minimum absolute atomic E-state index is 0.00285. The van der Waals surface area contributed by atoms with E-state index in [4.69, 9.17) is 5.73 Å². The van der Waals surface area contributed by atoms with Crippen LogP contribution in [0.5, 0.6) is 0 Å². The maximum Gasteiger partial charge on any atom is 0.321 e. The van der Waals surface area contributed by atoms with Gasteiger partial charge in [0.1, 0.15) is 6.04 Å². The van der Waals surface area contributed by atoms with Crippen molar-refractivity contribution in [3.8, 4) is 0 Å². The van der Waals surface area contributed by atoms with Gasteiger partial charge in [0.15, 0.2) is 0 Å². The molecule has 1 aromatic carbocycles. The lowest BCUT2D eigenvalue weighted by molar-refractivity contribution is -0.139. The highest BCUT2D eigenvalue weighted by Gasteiger charge is 2.29. The van der Waals surface area contributed by atoms with Crippen LogP contribution in [-0.4, -0.2) is 53.6 Å². The molecule has 6 nitrogen and oxygen atoms in total. The van der Waals surface area contributed by atoms with Gasteiger partial charge in [-0.25, -0.2) is 0 Å². The summed E-state index contributed by atoms with van der Waals surface area (Å²) in [6, 6.07) is 8.90. The van der Waals surface area contributed by atoms with Gasteiger partial charge >= 0.3 is 5.97 Å². The lowest BCUT2D eigenvalue weighted by atomic mass is 10.1. The first kappa shape index (κ1) is 16.5. The first-order valence-electron chi connectivity index (χ1n) is 7.61. The number of aliphatic carboxylic acids is 1. The van der Waals surface area contributed by atoms with E-state index in [1.165, 1.54) is 0 Å². The van der Waals surface area contributed by atoms with E-state index in [9.17, 15) is 14.7 Å². The highest BCUT2D eigenvalue weighted by atomic mass is 16.4. The molecule has 0 radical (unpaired) electrons. The lowest BCUT2D eigenvalue weighted by Crippen LogP contribution is -2.48. The number of nitrogens with two attached hydrogens (primary N) is 1. The smallest absolute Gasteiger partial charge is 0.321 e. The summed E-state index contributed by atoms with van der Waals surface area (Å²) in [4.78, 5) is 24.9. The Morgan fingerprint density at radius 1 is 1.36 bits per heavy atom. The number of carboxylic acid groups (broad SMARTS) is 1. The van der Waals surface area contributed by atoms with Crippen molar-refractivity contribution in [1.29, 1.82) is 0 Å². The average Bonchev–Trinajstić information content (AvgIpc) is 2.99. The van der Waals surface area contributed by atoms with E-state index in [1.54, 1.807) is 4.90 Å². The Morgan fingerprint density at radius 2 is 2.09 bits per heavy atom. The summed E-state index contributed by atoms with van der Waals surface area (Å²) < 4.78 is 0. The second kappa shape index (κ2) is 7.91. The topological polar surface area (TPSA) is 95.7 Å². The number of nitrogens with zero attached hydrogens (tertiary/aromatic N) is 1. The zero-order valence-electron chi connectivity index (χ0n) is 12.6. The summed E-state index contributed by atoms with van der Waals surface area (Å²) in [5, 5.41) is 12.5. The molecule has 0 aromatic heterocycles. The Balaban J connectivity index is 1.91. The lowest BCUT2D eigenvalue weighted by Gasteiger charge is -2.26. The number of amides is 1. The van der Waals surface area contributed by atoms with Gasteiger partial charge < -0.3 is 21.1 Å². The Labute approximate surface area is 130 Å². The fraction of sp³-hybridized carbons (Fsp3) is 0.500. The van der Waals surface area contributed by atoms with Crippen LogP contribution in [-0.2, 0) is 16.0 Å². The molecule has 0 bridgehead atoms. The van der Waals surface area contributed by atoms with Gasteiger partial charge in [-0.1, -0.05) is 30.3 Å². The monoisotopic (exact) mass is 305 g/mol. The third-order valence-corrected chi connectivity index (χ3v) is 4.05. The van der Waals surface area contributed by atoms with Crippen molar-refractivity contribution < 1.29 is 14.7 Å². The van der Waals surface area contributed by atoms with Crippen LogP contribution in [0.1, 0.15) is 18.4 Å². The second-order valence-electron chi connectivity index (χ2n) is 5.58. The molecule has 2 rings (SSSR count). The van der Waals surface area contributed by atoms with Crippen LogP contribution in [0, 0.1) is 0 Å². The quantitative estimate of drug-likeness (QED) is 0.670. The molecule has 0 aliphatic carbocycles. The van der Waals surface area contributed by atoms with Gasteiger partial charge in [-0.2, -0.15) is 0 Å². The Morgan fingerprint density at radius 3 is 2.73 bits per heavy atom. The minimum atomic E-state index is -0.876. The van der Waals surface area contributed by atoms with Crippen LogP contribution < -0.4 is 11.1 Å². The molecule has 120 valence electrons. The molecule has 1 unspecified atom stereocenters. The molecular formula is C16H23N3O3. The normalized spacial score (nSPS) is 19.1. The number of carboxylic acids is 1. The van der Waals surface area contributed by atoms with Crippen molar-refractivity contribution in [3.05, 3.63) is 35.9 Å². The summed E-state index contributed by atoms with van der Waals surface area (Å²) in [6.45, 7) is 1.19. The summed E-state index contributed by atoms with van der Waals surface area (Å²) in [5.41, 5.74) is 6.39. The van der Waals surface area contributed by atoms with Crippen LogP contribution >= 0.6 is 0 Å².